The smallest absolute Gasteiger partial charge is 0.0830 e. The standard InChI is InChI=1S/C16H17ClO2/c1-19-11-13-3-2-4-14(9-13)16(18)10-12-5-7-15(17)8-6-12/h2-9,16,18H,10-11H2,1H3. The summed E-state index contributed by atoms with van der Waals surface area (Å²) in [4.78, 5) is 0. The third kappa shape index (κ3) is 4.06. The molecule has 0 aromatic heterocycles. The van der Waals surface area contributed by atoms with Crippen molar-refractivity contribution < 1.29 is 9.84 Å². The molecule has 0 aliphatic rings. The van der Waals surface area contributed by atoms with Gasteiger partial charge in [-0.25, -0.2) is 0 Å². The molecule has 19 heavy (non-hydrogen) atoms. The Hall–Kier alpha value is -1.35. The van der Waals surface area contributed by atoms with E-state index in [-0.39, 0.29) is 0 Å². The normalized spacial score (nSPS) is 12.4. The monoisotopic (exact) mass is 276 g/mol. The molecule has 0 saturated carbocycles. The molecule has 3 heteroatoms. The van der Waals surface area contributed by atoms with Crippen LogP contribution in [0.2, 0.25) is 5.02 Å². The number of hydrogen-bond donors (Lipinski definition) is 1. The van der Waals surface area contributed by atoms with Crippen LogP contribution in [0.15, 0.2) is 48.5 Å². The van der Waals surface area contributed by atoms with E-state index < -0.39 is 6.10 Å². The summed E-state index contributed by atoms with van der Waals surface area (Å²) < 4.78 is 5.10. The number of hydrogen-bond acceptors (Lipinski definition) is 2. The Bertz CT molecular complexity index is 523. The van der Waals surface area contributed by atoms with Gasteiger partial charge in [0.25, 0.3) is 0 Å². The second-order valence-corrected chi connectivity index (χ2v) is 4.96. The zero-order chi connectivity index (χ0) is 13.7. The van der Waals surface area contributed by atoms with Crippen LogP contribution in [0, 0.1) is 0 Å². The molecule has 0 aliphatic carbocycles. The highest BCUT2D eigenvalue weighted by Crippen LogP contribution is 2.20. The fourth-order valence-electron chi connectivity index (χ4n) is 2.02. The van der Waals surface area contributed by atoms with Crippen molar-refractivity contribution in [3.05, 3.63) is 70.2 Å². The van der Waals surface area contributed by atoms with Gasteiger partial charge < -0.3 is 9.84 Å². The van der Waals surface area contributed by atoms with Gasteiger partial charge in [0.1, 0.15) is 0 Å². The van der Waals surface area contributed by atoms with Crippen molar-refractivity contribution in [2.45, 2.75) is 19.1 Å². The van der Waals surface area contributed by atoms with Gasteiger partial charge in [0.2, 0.25) is 0 Å². The minimum atomic E-state index is -0.516. The Kier molecular flexibility index (Phi) is 4.97. The molecule has 2 nitrogen and oxygen atoms in total. The lowest BCUT2D eigenvalue weighted by Crippen LogP contribution is -2.02. The van der Waals surface area contributed by atoms with Gasteiger partial charge in [-0.3, -0.25) is 0 Å². The van der Waals surface area contributed by atoms with E-state index >= 15 is 0 Å². The fourth-order valence-corrected chi connectivity index (χ4v) is 2.14. The van der Waals surface area contributed by atoms with E-state index in [4.69, 9.17) is 16.3 Å². The van der Waals surface area contributed by atoms with E-state index in [0.717, 1.165) is 16.7 Å². The number of methoxy groups -OCH3 is 1. The van der Waals surface area contributed by atoms with Crippen LogP contribution in [-0.2, 0) is 17.8 Å². The first kappa shape index (κ1) is 14.1. The van der Waals surface area contributed by atoms with Crippen molar-refractivity contribution >= 4 is 11.6 Å². The van der Waals surface area contributed by atoms with Crippen LogP contribution in [0.4, 0.5) is 0 Å². The molecule has 0 amide bonds. The molecule has 0 aliphatic heterocycles. The van der Waals surface area contributed by atoms with E-state index in [0.29, 0.717) is 18.1 Å². The molecule has 0 bridgehead atoms. The van der Waals surface area contributed by atoms with Crippen LogP contribution in [0.5, 0.6) is 0 Å². The van der Waals surface area contributed by atoms with Crippen molar-refractivity contribution in [1.29, 1.82) is 0 Å². The van der Waals surface area contributed by atoms with Crippen LogP contribution in [0.25, 0.3) is 0 Å². The summed E-state index contributed by atoms with van der Waals surface area (Å²) in [6, 6.07) is 15.4. The van der Waals surface area contributed by atoms with E-state index in [2.05, 4.69) is 0 Å². The molecule has 1 unspecified atom stereocenters. The van der Waals surface area contributed by atoms with Gasteiger partial charge in [0, 0.05) is 18.6 Å². The lowest BCUT2D eigenvalue weighted by atomic mass is 10.00. The summed E-state index contributed by atoms with van der Waals surface area (Å²) in [7, 11) is 1.66. The average molecular weight is 277 g/mol. The number of rotatable bonds is 5. The molecule has 2 aromatic rings. The molecule has 1 atom stereocenters. The predicted octanol–water partition coefficient (Wildman–Crippen LogP) is 3.76. The predicted molar refractivity (Wildman–Crippen MR) is 77.3 cm³/mol. The lowest BCUT2D eigenvalue weighted by Gasteiger charge is -2.12. The Balaban J connectivity index is 2.08. The molecule has 2 aromatic carbocycles. The lowest BCUT2D eigenvalue weighted by molar-refractivity contribution is 0.175. The summed E-state index contributed by atoms with van der Waals surface area (Å²) in [5.41, 5.74) is 3.04. The van der Waals surface area contributed by atoms with E-state index in [1.54, 1.807) is 7.11 Å². The Labute approximate surface area is 118 Å². The van der Waals surface area contributed by atoms with Gasteiger partial charge in [-0.2, -0.15) is 0 Å². The maximum absolute atomic E-state index is 10.3. The highest BCUT2D eigenvalue weighted by Gasteiger charge is 2.09. The summed E-state index contributed by atoms with van der Waals surface area (Å²) >= 11 is 5.84. The van der Waals surface area contributed by atoms with Gasteiger partial charge in [-0.05, 0) is 28.8 Å². The van der Waals surface area contributed by atoms with Crippen molar-refractivity contribution in [1.82, 2.24) is 0 Å². The number of benzene rings is 2. The van der Waals surface area contributed by atoms with Crippen LogP contribution in [-0.4, -0.2) is 12.2 Å². The van der Waals surface area contributed by atoms with Gasteiger partial charge in [0.05, 0.1) is 12.7 Å². The van der Waals surface area contributed by atoms with Gasteiger partial charge >= 0.3 is 0 Å². The average Bonchev–Trinajstić information content (AvgIpc) is 2.42. The van der Waals surface area contributed by atoms with Crippen molar-refractivity contribution in [3.8, 4) is 0 Å². The van der Waals surface area contributed by atoms with Crippen LogP contribution < -0.4 is 0 Å². The third-order valence-corrected chi connectivity index (χ3v) is 3.24. The maximum atomic E-state index is 10.3. The minimum absolute atomic E-state index is 0.516. The molecule has 0 fully saturated rings. The Morgan fingerprint density at radius 2 is 1.84 bits per heavy atom. The maximum Gasteiger partial charge on any atom is 0.0830 e. The van der Waals surface area contributed by atoms with Crippen LogP contribution in [0.3, 0.4) is 0 Å². The fraction of sp³-hybridized carbons (Fsp3) is 0.250. The summed E-state index contributed by atoms with van der Waals surface area (Å²) in [5.74, 6) is 0. The summed E-state index contributed by atoms with van der Waals surface area (Å²) in [6.45, 7) is 0.557. The van der Waals surface area contributed by atoms with Crippen molar-refractivity contribution in [2.24, 2.45) is 0 Å². The number of halogens is 1. The molecule has 0 spiro atoms. The molecule has 0 radical (unpaired) electrons. The number of ether oxygens (including phenoxy) is 1. The second-order valence-electron chi connectivity index (χ2n) is 4.52. The number of aliphatic hydroxyl groups excluding tert-OH is 1. The molecule has 0 heterocycles. The molecule has 1 N–H and O–H groups in total. The van der Waals surface area contributed by atoms with Gasteiger partial charge in [0.15, 0.2) is 0 Å². The zero-order valence-corrected chi connectivity index (χ0v) is 11.6. The first-order valence-corrected chi connectivity index (χ1v) is 6.57. The summed E-state index contributed by atoms with van der Waals surface area (Å²) in [5, 5.41) is 11.0. The first-order chi connectivity index (χ1) is 9.19. The van der Waals surface area contributed by atoms with Crippen LogP contribution in [0.1, 0.15) is 22.8 Å². The SMILES string of the molecule is COCc1cccc(C(O)Cc2ccc(Cl)cc2)c1. The highest BCUT2D eigenvalue weighted by molar-refractivity contribution is 6.30. The largest absolute Gasteiger partial charge is 0.388 e. The molecular weight excluding hydrogens is 260 g/mol. The third-order valence-electron chi connectivity index (χ3n) is 2.99. The quantitative estimate of drug-likeness (QED) is 0.901. The molecule has 2 rings (SSSR count). The van der Waals surface area contributed by atoms with Crippen LogP contribution >= 0.6 is 11.6 Å². The van der Waals surface area contributed by atoms with Gasteiger partial charge in [-0.15, -0.1) is 0 Å². The molecule has 100 valence electrons. The Morgan fingerprint density at radius 3 is 2.53 bits per heavy atom. The molecular formula is C16H17ClO2. The minimum Gasteiger partial charge on any atom is -0.388 e. The Morgan fingerprint density at radius 1 is 1.11 bits per heavy atom. The first-order valence-electron chi connectivity index (χ1n) is 6.19. The number of aliphatic hydroxyl groups is 1. The van der Waals surface area contributed by atoms with E-state index in [1.165, 1.54) is 0 Å². The van der Waals surface area contributed by atoms with E-state index in [9.17, 15) is 5.11 Å². The second kappa shape index (κ2) is 6.71. The topological polar surface area (TPSA) is 29.5 Å². The van der Waals surface area contributed by atoms with E-state index in [1.807, 2.05) is 48.5 Å². The van der Waals surface area contributed by atoms with Crippen molar-refractivity contribution in [3.63, 3.8) is 0 Å². The zero-order valence-electron chi connectivity index (χ0n) is 10.8. The van der Waals surface area contributed by atoms with Crippen molar-refractivity contribution in [2.75, 3.05) is 7.11 Å². The van der Waals surface area contributed by atoms with Gasteiger partial charge in [-0.1, -0.05) is 48.0 Å². The highest BCUT2D eigenvalue weighted by atomic mass is 35.5. The summed E-state index contributed by atoms with van der Waals surface area (Å²) in [6.07, 6.45) is 0.0612. The molecule has 0 saturated heterocycles.